The van der Waals surface area contributed by atoms with E-state index in [4.69, 9.17) is 17.3 Å². The molecule has 1 heterocycles. The Morgan fingerprint density at radius 2 is 1.46 bits per heavy atom. The Morgan fingerprint density at radius 3 is 1.94 bits per heavy atom. The second-order valence-electron chi connectivity index (χ2n) is 7.09. The number of hydrogen-bond acceptors (Lipinski definition) is 3. The Balaban J connectivity index is 2.45. The molecule has 2 N–H and O–H groups in total. The number of aromatic nitrogens is 2. The van der Waals surface area contributed by atoms with Gasteiger partial charge in [0.15, 0.2) is 5.69 Å². The van der Waals surface area contributed by atoms with Crippen molar-refractivity contribution in [1.82, 2.24) is 9.55 Å². The third kappa shape index (κ3) is 5.36. The quantitative estimate of drug-likeness (QED) is 0.397. The van der Waals surface area contributed by atoms with Gasteiger partial charge in [0.05, 0.1) is 22.7 Å². The number of nitrogens with two attached hydrogens (primary N) is 1. The number of nitrogens with zero attached hydrogens (tertiary/aromatic N) is 2. The standard InChI is InChI=1S/C20H10ClF10N3O/c21-13-11(5-9(18(23,24)25)6-12(13)19(26,27)28)16-33-15(20(29,30)31)14(32)17(35)34(16)7-8-1-3-10(22)4-2-8/h1-6H,7,32H2. The molecule has 0 spiro atoms. The number of benzene rings is 2. The summed E-state index contributed by atoms with van der Waals surface area (Å²) in [5, 5.41) is -1.43. The molecule has 0 unspecified atom stereocenters. The van der Waals surface area contributed by atoms with Crippen LogP contribution in [0.25, 0.3) is 11.4 Å². The number of rotatable bonds is 3. The molecule has 3 rings (SSSR count). The van der Waals surface area contributed by atoms with Crippen LogP contribution in [0.5, 0.6) is 0 Å². The molecule has 3 aromatic rings. The summed E-state index contributed by atoms with van der Waals surface area (Å²) in [4.78, 5) is 15.8. The van der Waals surface area contributed by atoms with Gasteiger partial charge in [0, 0.05) is 5.56 Å². The van der Waals surface area contributed by atoms with Gasteiger partial charge >= 0.3 is 18.5 Å². The normalized spacial score (nSPS) is 12.8. The minimum absolute atomic E-state index is 0.0369. The molecule has 0 saturated carbocycles. The molecule has 15 heteroatoms. The summed E-state index contributed by atoms with van der Waals surface area (Å²) in [6.45, 7) is -0.738. The van der Waals surface area contributed by atoms with Crippen LogP contribution in [0.1, 0.15) is 22.4 Å². The topological polar surface area (TPSA) is 60.9 Å². The van der Waals surface area contributed by atoms with Gasteiger partial charge in [-0.15, -0.1) is 0 Å². The number of halogens is 11. The maximum Gasteiger partial charge on any atom is 0.435 e. The third-order valence-corrected chi connectivity index (χ3v) is 5.08. The van der Waals surface area contributed by atoms with E-state index < -0.39 is 75.4 Å². The number of nitrogen functional groups attached to an aromatic ring is 1. The van der Waals surface area contributed by atoms with E-state index in [2.05, 4.69) is 4.98 Å². The molecule has 0 fully saturated rings. The maximum absolute atomic E-state index is 13.4. The van der Waals surface area contributed by atoms with E-state index in [9.17, 15) is 48.7 Å². The van der Waals surface area contributed by atoms with Gasteiger partial charge in [0.1, 0.15) is 17.3 Å². The van der Waals surface area contributed by atoms with Crippen molar-refractivity contribution < 1.29 is 43.9 Å². The van der Waals surface area contributed by atoms with E-state index in [1.807, 2.05) is 0 Å². The molecule has 188 valence electrons. The van der Waals surface area contributed by atoms with Crippen molar-refractivity contribution >= 4 is 17.3 Å². The molecule has 0 saturated heterocycles. The molecule has 0 aliphatic heterocycles. The second kappa shape index (κ2) is 8.73. The van der Waals surface area contributed by atoms with Gasteiger partial charge in [-0.3, -0.25) is 9.36 Å². The van der Waals surface area contributed by atoms with Gasteiger partial charge in [0.2, 0.25) is 0 Å². The zero-order valence-electron chi connectivity index (χ0n) is 16.7. The van der Waals surface area contributed by atoms with Crippen molar-refractivity contribution in [1.29, 1.82) is 0 Å². The summed E-state index contributed by atoms with van der Waals surface area (Å²) in [6, 6.07) is 3.68. The molecule has 2 aromatic carbocycles. The van der Waals surface area contributed by atoms with E-state index in [1.54, 1.807) is 0 Å². The summed E-state index contributed by atoms with van der Waals surface area (Å²) in [5.41, 5.74) is -4.98. The largest absolute Gasteiger partial charge is 0.435 e. The maximum atomic E-state index is 13.4. The smallest absolute Gasteiger partial charge is 0.392 e. The highest BCUT2D eigenvalue weighted by atomic mass is 35.5. The third-order valence-electron chi connectivity index (χ3n) is 4.67. The Labute approximate surface area is 193 Å². The Kier molecular flexibility index (Phi) is 6.57. The Morgan fingerprint density at radius 1 is 0.886 bits per heavy atom. The number of alkyl halides is 9. The first-order chi connectivity index (χ1) is 15.9. The molecule has 0 aliphatic rings. The lowest BCUT2D eigenvalue weighted by Crippen LogP contribution is -2.31. The van der Waals surface area contributed by atoms with E-state index >= 15 is 0 Å². The molecule has 0 aliphatic carbocycles. The fourth-order valence-corrected chi connectivity index (χ4v) is 3.37. The van der Waals surface area contributed by atoms with Crippen LogP contribution in [0.3, 0.4) is 0 Å². The summed E-state index contributed by atoms with van der Waals surface area (Å²) in [6.07, 6.45) is -16.2. The fraction of sp³-hybridized carbons (Fsp3) is 0.200. The highest BCUT2D eigenvalue weighted by molar-refractivity contribution is 6.34. The summed E-state index contributed by atoms with van der Waals surface area (Å²) < 4.78 is 134. The minimum Gasteiger partial charge on any atom is -0.392 e. The second-order valence-corrected chi connectivity index (χ2v) is 7.47. The number of anilines is 1. The zero-order valence-corrected chi connectivity index (χ0v) is 17.5. The molecule has 1 aromatic heterocycles. The molecular weight excluding hydrogens is 524 g/mol. The van der Waals surface area contributed by atoms with E-state index in [1.165, 1.54) is 0 Å². The van der Waals surface area contributed by atoms with Crippen LogP contribution in [0.15, 0.2) is 41.2 Å². The van der Waals surface area contributed by atoms with Crippen molar-refractivity contribution in [2.24, 2.45) is 0 Å². The molecule has 35 heavy (non-hydrogen) atoms. The molecule has 0 atom stereocenters. The predicted octanol–water partition coefficient (Wildman–Crippen LogP) is 6.39. The van der Waals surface area contributed by atoms with Crippen LogP contribution in [-0.2, 0) is 25.1 Å². The zero-order chi connectivity index (χ0) is 26.5. The first-order valence-electron chi connectivity index (χ1n) is 9.11. The van der Waals surface area contributed by atoms with Crippen molar-refractivity contribution in [3.05, 3.63) is 80.0 Å². The van der Waals surface area contributed by atoms with Gasteiger partial charge in [-0.25, -0.2) is 9.37 Å². The Bertz CT molecular complexity index is 1330. The van der Waals surface area contributed by atoms with Crippen LogP contribution < -0.4 is 11.3 Å². The van der Waals surface area contributed by atoms with Crippen LogP contribution in [0.2, 0.25) is 5.02 Å². The number of hydrogen-bond donors (Lipinski definition) is 1. The van der Waals surface area contributed by atoms with Gasteiger partial charge in [-0.2, -0.15) is 39.5 Å². The summed E-state index contributed by atoms with van der Waals surface area (Å²) >= 11 is 5.70. The van der Waals surface area contributed by atoms with Crippen molar-refractivity contribution in [3.8, 4) is 11.4 Å². The minimum atomic E-state index is -5.45. The molecular formula is C20H10ClF10N3O. The lowest BCUT2D eigenvalue weighted by molar-refractivity contribution is -0.143. The SMILES string of the molecule is Nc1c(C(F)(F)F)nc(-c2cc(C(F)(F)F)cc(C(F)(F)F)c2Cl)n(Cc2ccc(F)cc2)c1=O. The van der Waals surface area contributed by atoms with Crippen LogP contribution in [0, 0.1) is 5.82 Å². The monoisotopic (exact) mass is 533 g/mol. The lowest BCUT2D eigenvalue weighted by Gasteiger charge is -2.20. The highest BCUT2D eigenvalue weighted by Crippen LogP contribution is 2.44. The highest BCUT2D eigenvalue weighted by Gasteiger charge is 2.42. The summed E-state index contributed by atoms with van der Waals surface area (Å²) in [7, 11) is 0. The molecule has 0 bridgehead atoms. The van der Waals surface area contributed by atoms with E-state index in [-0.39, 0.29) is 17.7 Å². The van der Waals surface area contributed by atoms with Crippen molar-refractivity contribution in [2.45, 2.75) is 25.1 Å². The van der Waals surface area contributed by atoms with Gasteiger partial charge < -0.3 is 5.73 Å². The summed E-state index contributed by atoms with van der Waals surface area (Å²) in [5.74, 6) is -2.00. The lowest BCUT2D eigenvalue weighted by atomic mass is 10.0. The average molecular weight is 534 g/mol. The predicted molar refractivity (Wildman–Crippen MR) is 104 cm³/mol. The van der Waals surface area contributed by atoms with Crippen molar-refractivity contribution in [3.63, 3.8) is 0 Å². The van der Waals surface area contributed by atoms with Crippen LogP contribution in [0.4, 0.5) is 49.6 Å². The van der Waals surface area contributed by atoms with E-state index in [0.717, 1.165) is 24.3 Å². The van der Waals surface area contributed by atoms with E-state index in [0.29, 0.717) is 4.57 Å². The molecule has 0 amide bonds. The fourth-order valence-electron chi connectivity index (χ4n) is 3.07. The van der Waals surface area contributed by atoms with Crippen LogP contribution >= 0.6 is 11.6 Å². The molecule has 4 nitrogen and oxygen atoms in total. The van der Waals surface area contributed by atoms with Gasteiger partial charge in [-0.1, -0.05) is 23.7 Å². The Hall–Kier alpha value is -3.29. The first kappa shape index (κ1) is 26.3. The van der Waals surface area contributed by atoms with Gasteiger partial charge in [-0.05, 0) is 29.8 Å². The van der Waals surface area contributed by atoms with Gasteiger partial charge in [0.25, 0.3) is 5.56 Å². The molecule has 0 radical (unpaired) electrons. The van der Waals surface area contributed by atoms with Crippen molar-refractivity contribution in [2.75, 3.05) is 5.73 Å². The average Bonchev–Trinajstić information content (AvgIpc) is 2.71. The first-order valence-corrected chi connectivity index (χ1v) is 9.49. The van der Waals surface area contributed by atoms with Crippen LogP contribution in [-0.4, -0.2) is 9.55 Å².